The molecule has 2 aliphatic rings. The van der Waals surface area contributed by atoms with E-state index in [4.69, 9.17) is 0 Å². The van der Waals surface area contributed by atoms with Crippen molar-refractivity contribution in [2.75, 3.05) is 31.1 Å². The second-order valence-electron chi connectivity index (χ2n) is 6.60. The number of aryl methyl sites for hydroxylation is 4. The summed E-state index contributed by atoms with van der Waals surface area (Å²) in [5.41, 5.74) is 4.01. The van der Waals surface area contributed by atoms with Crippen molar-refractivity contribution in [2.45, 2.75) is 26.2 Å². The number of carbonyl (C=O) groups excluding carboxylic acids is 1. The largest absolute Gasteiger partial charge is 0.352 e. The van der Waals surface area contributed by atoms with E-state index < -0.39 is 0 Å². The van der Waals surface area contributed by atoms with Gasteiger partial charge in [0.2, 0.25) is 0 Å². The number of fused-ring (bicyclic) bond motifs is 1. The van der Waals surface area contributed by atoms with E-state index in [2.05, 4.69) is 26.3 Å². The molecule has 2 aromatic heterocycles. The van der Waals surface area contributed by atoms with E-state index in [1.807, 2.05) is 24.9 Å². The first-order valence-electron chi connectivity index (χ1n) is 8.52. The van der Waals surface area contributed by atoms with Gasteiger partial charge in [-0.2, -0.15) is 10.2 Å². The monoisotopic (exact) mass is 326 g/mol. The van der Waals surface area contributed by atoms with Crippen molar-refractivity contribution < 1.29 is 4.79 Å². The molecule has 0 aromatic carbocycles. The molecule has 7 nitrogen and oxygen atoms in total. The molecule has 0 bridgehead atoms. The number of nitrogens with zero attached hydrogens (tertiary/aromatic N) is 6. The molecule has 0 N–H and O–H groups in total. The highest BCUT2D eigenvalue weighted by Crippen LogP contribution is 2.23. The van der Waals surface area contributed by atoms with Crippen LogP contribution >= 0.6 is 0 Å². The highest BCUT2D eigenvalue weighted by molar-refractivity contribution is 5.92. The third-order valence-corrected chi connectivity index (χ3v) is 4.92. The number of anilines is 1. The quantitative estimate of drug-likeness (QED) is 0.823. The summed E-state index contributed by atoms with van der Waals surface area (Å²) in [4.78, 5) is 16.8. The lowest BCUT2D eigenvalue weighted by atomic mass is 10.2. The minimum atomic E-state index is 0.0535. The Bertz CT molecular complexity index is 775. The van der Waals surface area contributed by atoms with Gasteiger partial charge in [0.05, 0.1) is 11.4 Å². The van der Waals surface area contributed by atoms with E-state index in [0.29, 0.717) is 18.8 Å². The molecule has 1 aliphatic heterocycles. The Hall–Kier alpha value is -2.44. The Labute approximate surface area is 141 Å². The Morgan fingerprint density at radius 2 is 1.88 bits per heavy atom. The predicted molar refractivity (Wildman–Crippen MR) is 90.1 cm³/mol. The molecule has 0 unspecified atom stereocenters. The van der Waals surface area contributed by atoms with Crippen molar-refractivity contribution in [3.8, 4) is 0 Å². The molecule has 1 fully saturated rings. The van der Waals surface area contributed by atoms with Crippen molar-refractivity contribution in [3.63, 3.8) is 0 Å². The van der Waals surface area contributed by atoms with Gasteiger partial charge in [-0.15, -0.1) is 5.10 Å². The molecule has 1 aliphatic carbocycles. The zero-order valence-corrected chi connectivity index (χ0v) is 14.2. The Kier molecular flexibility index (Phi) is 3.70. The first kappa shape index (κ1) is 15.1. The Morgan fingerprint density at radius 1 is 1.08 bits per heavy atom. The fourth-order valence-corrected chi connectivity index (χ4v) is 3.58. The maximum atomic E-state index is 12.6. The van der Waals surface area contributed by atoms with E-state index in [9.17, 15) is 4.79 Å². The van der Waals surface area contributed by atoms with Crippen LogP contribution in [0.3, 0.4) is 0 Å². The molecule has 126 valence electrons. The van der Waals surface area contributed by atoms with Crippen LogP contribution in [-0.4, -0.2) is 57.0 Å². The normalized spacial score (nSPS) is 17.2. The van der Waals surface area contributed by atoms with E-state index in [1.54, 1.807) is 4.68 Å². The van der Waals surface area contributed by atoms with Gasteiger partial charge in [-0.1, -0.05) is 0 Å². The lowest BCUT2D eigenvalue weighted by Gasteiger charge is -2.35. The van der Waals surface area contributed by atoms with Gasteiger partial charge in [0.1, 0.15) is 5.69 Å². The van der Waals surface area contributed by atoms with E-state index >= 15 is 0 Å². The van der Waals surface area contributed by atoms with E-state index in [-0.39, 0.29) is 5.91 Å². The summed E-state index contributed by atoms with van der Waals surface area (Å²) in [5, 5.41) is 13.0. The molecular formula is C17H22N6O. The third-order valence-electron chi connectivity index (χ3n) is 4.92. The van der Waals surface area contributed by atoms with Crippen LogP contribution in [0.25, 0.3) is 0 Å². The summed E-state index contributed by atoms with van der Waals surface area (Å²) in [6, 6.07) is 4.03. The number of amides is 1. The minimum Gasteiger partial charge on any atom is -0.352 e. The minimum absolute atomic E-state index is 0.0535. The summed E-state index contributed by atoms with van der Waals surface area (Å²) in [6.45, 7) is 4.87. The lowest BCUT2D eigenvalue weighted by Crippen LogP contribution is -2.49. The molecule has 0 atom stereocenters. The van der Waals surface area contributed by atoms with Crippen molar-refractivity contribution in [1.29, 1.82) is 0 Å². The molecular weight excluding hydrogens is 304 g/mol. The summed E-state index contributed by atoms with van der Waals surface area (Å²) >= 11 is 0. The van der Waals surface area contributed by atoms with Crippen molar-refractivity contribution >= 4 is 11.7 Å². The SMILES string of the molecule is Cc1cc(C(=O)N2CCN(c3cc4c(nn3)CCC4)CC2)n(C)n1. The average Bonchev–Trinajstić information content (AvgIpc) is 3.19. The number of hydrogen-bond acceptors (Lipinski definition) is 5. The molecule has 2 aromatic rings. The summed E-state index contributed by atoms with van der Waals surface area (Å²) in [5.74, 6) is 0.997. The van der Waals surface area contributed by atoms with Crippen molar-refractivity contribution in [1.82, 2.24) is 24.9 Å². The Morgan fingerprint density at radius 3 is 2.58 bits per heavy atom. The zero-order chi connectivity index (χ0) is 16.7. The number of rotatable bonds is 2. The third kappa shape index (κ3) is 2.64. The van der Waals surface area contributed by atoms with Crippen LogP contribution in [0.2, 0.25) is 0 Å². The molecule has 24 heavy (non-hydrogen) atoms. The van der Waals surface area contributed by atoms with Gasteiger partial charge in [0.15, 0.2) is 5.82 Å². The molecule has 4 rings (SSSR count). The van der Waals surface area contributed by atoms with Crippen LogP contribution in [0.5, 0.6) is 0 Å². The summed E-state index contributed by atoms with van der Waals surface area (Å²) in [6.07, 6.45) is 3.34. The van der Waals surface area contributed by atoms with Crippen LogP contribution in [0.15, 0.2) is 12.1 Å². The Balaban J connectivity index is 1.43. The maximum absolute atomic E-state index is 12.6. The number of aromatic nitrogens is 4. The zero-order valence-electron chi connectivity index (χ0n) is 14.2. The number of hydrogen-bond donors (Lipinski definition) is 0. The molecule has 3 heterocycles. The highest BCUT2D eigenvalue weighted by Gasteiger charge is 2.25. The molecule has 7 heteroatoms. The van der Waals surface area contributed by atoms with Gasteiger partial charge in [-0.05, 0) is 43.9 Å². The second-order valence-corrected chi connectivity index (χ2v) is 6.60. The molecule has 0 saturated carbocycles. The summed E-state index contributed by atoms with van der Waals surface area (Å²) in [7, 11) is 1.82. The molecule has 1 amide bonds. The smallest absolute Gasteiger partial charge is 0.272 e. The van der Waals surface area contributed by atoms with Gasteiger partial charge < -0.3 is 9.80 Å². The number of carbonyl (C=O) groups is 1. The molecule has 1 saturated heterocycles. The number of piperazine rings is 1. The fraction of sp³-hybridized carbons (Fsp3) is 0.529. The average molecular weight is 326 g/mol. The first-order chi connectivity index (χ1) is 11.6. The van der Waals surface area contributed by atoms with Gasteiger partial charge in [0.25, 0.3) is 5.91 Å². The fourth-order valence-electron chi connectivity index (χ4n) is 3.58. The van der Waals surface area contributed by atoms with Gasteiger partial charge in [-0.25, -0.2) is 0 Å². The van der Waals surface area contributed by atoms with Gasteiger partial charge in [0, 0.05) is 33.2 Å². The topological polar surface area (TPSA) is 67.2 Å². The summed E-state index contributed by atoms with van der Waals surface area (Å²) < 4.78 is 1.66. The van der Waals surface area contributed by atoms with Gasteiger partial charge >= 0.3 is 0 Å². The maximum Gasteiger partial charge on any atom is 0.272 e. The van der Waals surface area contributed by atoms with Gasteiger partial charge in [-0.3, -0.25) is 9.48 Å². The van der Waals surface area contributed by atoms with E-state index in [0.717, 1.165) is 43.1 Å². The highest BCUT2D eigenvalue weighted by atomic mass is 16.2. The predicted octanol–water partition coefficient (Wildman–Crippen LogP) is 0.970. The van der Waals surface area contributed by atoms with Crippen LogP contribution in [0.1, 0.15) is 33.9 Å². The molecule has 0 spiro atoms. The molecule has 0 radical (unpaired) electrons. The van der Waals surface area contributed by atoms with Crippen LogP contribution in [-0.2, 0) is 19.9 Å². The first-order valence-corrected chi connectivity index (χ1v) is 8.52. The lowest BCUT2D eigenvalue weighted by molar-refractivity contribution is 0.0735. The van der Waals surface area contributed by atoms with E-state index in [1.165, 1.54) is 12.0 Å². The van der Waals surface area contributed by atoms with Crippen LogP contribution in [0, 0.1) is 6.92 Å². The van der Waals surface area contributed by atoms with Crippen LogP contribution in [0.4, 0.5) is 5.82 Å². The standard InChI is InChI=1S/C17H22N6O/c1-12-10-15(21(2)20-12)17(24)23-8-6-22(7-9-23)16-11-13-4-3-5-14(13)18-19-16/h10-11H,3-9H2,1-2H3. The van der Waals surface area contributed by atoms with Crippen molar-refractivity contribution in [3.05, 3.63) is 34.8 Å². The van der Waals surface area contributed by atoms with Crippen molar-refractivity contribution in [2.24, 2.45) is 7.05 Å². The van der Waals surface area contributed by atoms with Crippen LogP contribution < -0.4 is 4.90 Å². The second kappa shape index (κ2) is 5.89.